The molecule has 0 saturated heterocycles. The van der Waals surface area contributed by atoms with Crippen molar-refractivity contribution in [3.05, 3.63) is 29.3 Å². The Balaban J connectivity index is 1.81. The van der Waals surface area contributed by atoms with Crippen molar-refractivity contribution in [1.82, 2.24) is 0 Å². The average molecular weight is 260 g/mol. The van der Waals surface area contributed by atoms with Crippen LogP contribution in [-0.4, -0.2) is 23.0 Å². The Morgan fingerprint density at radius 1 is 1.32 bits per heavy atom. The van der Waals surface area contributed by atoms with Crippen molar-refractivity contribution in [2.24, 2.45) is 5.92 Å². The number of hydrogen-bond donors (Lipinski definition) is 1. The summed E-state index contributed by atoms with van der Waals surface area (Å²) in [4.78, 5) is 22.9. The summed E-state index contributed by atoms with van der Waals surface area (Å²) in [6, 6.07) is 5.29. The van der Waals surface area contributed by atoms with Crippen LogP contribution in [0.2, 0.25) is 0 Å². The van der Waals surface area contributed by atoms with Gasteiger partial charge in [-0.3, -0.25) is 4.79 Å². The number of carbonyl (C=O) groups excluding carboxylic acids is 1. The molecule has 1 N–H and O–H groups in total. The third kappa shape index (κ3) is 2.48. The molecule has 3 rings (SSSR count). The Morgan fingerprint density at radius 3 is 2.79 bits per heavy atom. The van der Waals surface area contributed by atoms with Crippen LogP contribution in [0.25, 0.3) is 0 Å². The molecule has 1 atom stereocenters. The second-order valence-electron chi connectivity index (χ2n) is 5.31. The number of carboxylic acid groups (broad SMARTS) is 1. The predicted molar refractivity (Wildman–Crippen MR) is 68.5 cm³/mol. The lowest BCUT2D eigenvalue weighted by atomic mass is 9.90. The van der Waals surface area contributed by atoms with Crippen molar-refractivity contribution in [3.8, 4) is 5.75 Å². The molecule has 0 bridgehead atoms. The summed E-state index contributed by atoms with van der Waals surface area (Å²) in [6.45, 7) is 0. The van der Waals surface area contributed by atoms with E-state index in [1.165, 1.54) is 0 Å². The summed E-state index contributed by atoms with van der Waals surface area (Å²) in [7, 11) is 0. The summed E-state index contributed by atoms with van der Waals surface area (Å²) >= 11 is 0. The number of ketones is 1. The lowest BCUT2D eigenvalue weighted by Crippen LogP contribution is -2.29. The SMILES string of the molecule is O=C1CCCc2cc(OC(C(=O)O)C3CC3)ccc21. The zero-order valence-electron chi connectivity index (χ0n) is 10.6. The van der Waals surface area contributed by atoms with Gasteiger partial charge in [0.25, 0.3) is 0 Å². The first-order chi connectivity index (χ1) is 9.15. The van der Waals surface area contributed by atoms with E-state index < -0.39 is 12.1 Å². The van der Waals surface area contributed by atoms with Gasteiger partial charge in [0.15, 0.2) is 11.9 Å². The van der Waals surface area contributed by atoms with Gasteiger partial charge in [-0.2, -0.15) is 0 Å². The van der Waals surface area contributed by atoms with Crippen LogP contribution in [0.15, 0.2) is 18.2 Å². The highest BCUT2D eigenvalue weighted by Gasteiger charge is 2.38. The van der Waals surface area contributed by atoms with Crippen molar-refractivity contribution >= 4 is 11.8 Å². The fourth-order valence-corrected chi connectivity index (χ4v) is 2.59. The molecule has 4 nitrogen and oxygen atoms in total. The normalized spacial score (nSPS) is 19.7. The van der Waals surface area contributed by atoms with E-state index in [1.54, 1.807) is 12.1 Å². The number of aryl methyl sites for hydroxylation is 1. The first-order valence-electron chi connectivity index (χ1n) is 6.71. The third-order valence-corrected chi connectivity index (χ3v) is 3.78. The van der Waals surface area contributed by atoms with Crippen LogP contribution in [0.1, 0.15) is 41.6 Å². The molecular formula is C15H16O4. The lowest BCUT2D eigenvalue weighted by molar-refractivity contribution is -0.146. The van der Waals surface area contributed by atoms with Gasteiger partial charge >= 0.3 is 5.97 Å². The van der Waals surface area contributed by atoms with Crippen molar-refractivity contribution in [2.45, 2.75) is 38.2 Å². The van der Waals surface area contributed by atoms with Gasteiger partial charge in [0.05, 0.1) is 0 Å². The van der Waals surface area contributed by atoms with Crippen LogP contribution < -0.4 is 4.74 Å². The second-order valence-corrected chi connectivity index (χ2v) is 5.31. The highest BCUT2D eigenvalue weighted by molar-refractivity contribution is 5.98. The molecular weight excluding hydrogens is 244 g/mol. The zero-order chi connectivity index (χ0) is 13.4. The number of rotatable bonds is 4. The van der Waals surface area contributed by atoms with E-state index in [9.17, 15) is 9.59 Å². The maximum absolute atomic E-state index is 11.7. The Kier molecular flexibility index (Phi) is 3.01. The van der Waals surface area contributed by atoms with Gasteiger partial charge in [0, 0.05) is 17.9 Å². The van der Waals surface area contributed by atoms with Gasteiger partial charge in [-0.1, -0.05) is 0 Å². The molecule has 4 heteroatoms. The van der Waals surface area contributed by atoms with Gasteiger partial charge < -0.3 is 9.84 Å². The fraction of sp³-hybridized carbons (Fsp3) is 0.467. The molecule has 2 aliphatic rings. The molecule has 0 aliphatic heterocycles. The second kappa shape index (κ2) is 4.68. The van der Waals surface area contributed by atoms with Gasteiger partial charge in [0.1, 0.15) is 5.75 Å². The third-order valence-electron chi connectivity index (χ3n) is 3.78. The summed E-state index contributed by atoms with van der Waals surface area (Å²) in [5.41, 5.74) is 1.74. The van der Waals surface area contributed by atoms with E-state index in [4.69, 9.17) is 9.84 Å². The topological polar surface area (TPSA) is 63.6 Å². The Bertz CT molecular complexity index is 531. The molecule has 1 aromatic rings. The largest absolute Gasteiger partial charge is 0.478 e. The Hall–Kier alpha value is -1.84. The molecule has 1 saturated carbocycles. The predicted octanol–water partition coefficient (Wildman–Crippen LogP) is 2.45. The van der Waals surface area contributed by atoms with Crippen LogP contribution in [0.5, 0.6) is 5.75 Å². The van der Waals surface area contributed by atoms with Gasteiger partial charge in [-0.25, -0.2) is 4.79 Å². The minimum Gasteiger partial charge on any atom is -0.478 e. The molecule has 100 valence electrons. The van der Waals surface area contributed by atoms with E-state index in [1.807, 2.05) is 6.07 Å². The molecule has 2 aliphatic carbocycles. The van der Waals surface area contributed by atoms with Crippen LogP contribution in [0.4, 0.5) is 0 Å². The number of benzene rings is 1. The first-order valence-corrected chi connectivity index (χ1v) is 6.71. The minimum absolute atomic E-state index is 0.134. The Morgan fingerprint density at radius 2 is 2.11 bits per heavy atom. The van der Waals surface area contributed by atoms with E-state index in [-0.39, 0.29) is 11.7 Å². The van der Waals surface area contributed by atoms with Gasteiger partial charge in [0.2, 0.25) is 0 Å². The number of fused-ring (bicyclic) bond motifs is 1. The lowest BCUT2D eigenvalue weighted by Gasteiger charge is -2.18. The van der Waals surface area contributed by atoms with Crippen molar-refractivity contribution in [3.63, 3.8) is 0 Å². The molecule has 0 aromatic heterocycles. The van der Waals surface area contributed by atoms with Crippen molar-refractivity contribution < 1.29 is 19.4 Å². The smallest absolute Gasteiger partial charge is 0.345 e. The number of carboxylic acids is 1. The summed E-state index contributed by atoms with van der Waals surface area (Å²) in [5.74, 6) is -0.0380. The molecule has 0 heterocycles. The van der Waals surface area contributed by atoms with E-state index in [0.717, 1.165) is 36.8 Å². The molecule has 1 fully saturated rings. The molecule has 19 heavy (non-hydrogen) atoms. The molecule has 1 unspecified atom stereocenters. The number of carbonyl (C=O) groups is 2. The van der Waals surface area contributed by atoms with E-state index in [0.29, 0.717) is 12.2 Å². The minimum atomic E-state index is -0.906. The maximum atomic E-state index is 11.7. The highest BCUT2D eigenvalue weighted by atomic mass is 16.5. The van der Waals surface area contributed by atoms with Crippen LogP contribution in [-0.2, 0) is 11.2 Å². The van der Waals surface area contributed by atoms with Crippen LogP contribution >= 0.6 is 0 Å². The number of ether oxygens (including phenoxy) is 1. The standard InChI is InChI=1S/C15H16O4/c16-13-3-1-2-10-8-11(6-7-12(10)13)19-14(15(17)18)9-4-5-9/h6-9,14H,1-5H2,(H,17,18). The van der Waals surface area contributed by atoms with Crippen LogP contribution in [0.3, 0.4) is 0 Å². The maximum Gasteiger partial charge on any atom is 0.345 e. The number of Topliss-reactive ketones (excluding diaryl/α,β-unsaturated/α-hetero) is 1. The highest BCUT2D eigenvalue weighted by Crippen LogP contribution is 2.35. The number of aliphatic carboxylic acids is 1. The monoisotopic (exact) mass is 260 g/mol. The molecule has 1 aromatic carbocycles. The zero-order valence-corrected chi connectivity index (χ0v) is 10.6. The molecule has 0 spiro atoms. The number of hydrogen-bond acceptors (Lipinski definition) is 3. The van der Waals surface area contributed by atoms with Crippen LogP contribution in [0, 0.1) is 5.92 Å². The van der Waals surface area contributed by atoms with Crippen molar-refractivity contribution in [2.75, 3.05) is 0 Å². The molecule has 0 radical (unpaired) electrons. The fourth-order valence-electron chi connectivity index (χ4n) is 2.59. The summed E-state index contributed by atoms with van der Waals surface area (Å²) in [5, 5.41) is 9.15. The van der Waals surface area contributed by atoms with E-state index >= 15 is 0 Å². The molecule has 0 amide bonds. The van der Waals surface area contributed by atoms with Crippen molar-refractivity contribution in [1.29, 1.82) is 0 Å². The van der Waals surface area contributed by atoms with Gasteiger partial charge in [-0.05, 0) is 49.4 Å². The van der Waals surface area contributed by atoms with Gasteiger partial charge in [-0.15, -0.1) is 0 Å². The van der Waals surface area contributed by atoms with E-state index in [2.05, 4.69) is 0 Å². The summed E-state index contributed by atoms with van der Waals surface area (Å²) in [6.07, 6.45) is 3.41. The summed E-state index contributed by atoms with van der Waals surface area (Å²) < 4.78 is 5.59. The first kappa shape index (κ1) is 12.2. The average Bonchev–Trinajstić information content (AvgIpc) is 3.20. The Labute approximate surface area is 111 Å². The quantitative estimate of drug-likeness (QED) is 0.903.